The predicted molar refractivity (Wildman–Crippen MR) is 108 cm³/mol. The van der Waals surface area contributed by atoms with Gasteiger partial charge in [0.15, 0.2) is 5.82 Å². The zero-order valence-electron chi connectivity index (χ0n) is 15.1. The first-order chi connectivity index (χ1) is 13.6. The number of rotatable bonds is 4. The lowest BCUT2D eigenvalue weighted by atomic mass is 10.1. The zero-order valence-corrected chi connectivity index (χ0v) is 15.1. The number of urea groups is 1. The lowest BCUT2D eigenvalue weighted by Crippen LogP contribution is -2.19. The van der Waals surface area contributed by atoms with E-state index >= 15 is 0 Å². The molecule has 0 aliphatic heterocycles. The average Bonchev–Trinajstić information content (AvgIpc) is 3.10. The summed E-state index contributed by atoms with van der Waals surface area (Å²) in [5.74, 6) is 1.10. The largest absolute Gasteiger partial charge is 0.497 e. The lowest BCUT2D eigenvalue weighted by molar-refractivity contribution is 0.262. The third kappa shape index (κ3) is 3.43. The Hall–Kier alpha value is -4.07. The van der Waals surface area contributed by atoms with Crippen LogP contribution in [0.1, 0.15) is 0 Å². The number of aromatic nitrogens is 3. The quantitative estimate of drug-likeness (QED) is 0.506. The van der Waals surface area contributed by atoms with E-state index in [1.54, 1.807) is 42.1 Å². The third-order valence-corrected chi connectivity index (χ3v) is 4.27. The molecule has 2 heterocycles. The number of hydrogen-bond acceptors (Lipinski definition) is 5. The monoisotopic (exact) mass is 374 g/mol. The molecule has 2 amide bonds. The van der Waals surface area contributed by atoms with Crippen molar-refractivity contribution >= 4 is 28.7 Å². The van der Waals surface area contributed by atoms with Crippen LogP contribution >= 0.6 is 0 Å². The molecule has 8 heteroatoms. The first-order valence-electron chi connectivity index (χ1n) is 8.56. The Morgan fingerprint density at radius 2 is 1.64 bits per heavy atom. The number of nitrogens with zero attached hydrogens (tertiary/aromatic N) is 3. The molecule has 4 rings (SSSR count). The van der Waals surface area contributed by atoms with Crippen molar-refractivity contribution in [2.45, 2.75) is 0 Å². The van der Waals surface area contributed by atoms with E-state index in [1.807, 2.05) is 36.4 Å². The number of anilines is 3. The number of hydrogen-bond donors (Lipinski definition) is 3. The molecule has 0 saturated heterocycles. The summed E-state index contributed by atoms with van der Waals surface area (Å²) < 4.78 is 6.74. The van der Waals surface area contributed by atoms with Gasteiger partial charge in [0.1, 0.15) is 11.3 Å². The fourth-order valence-corrected chi connectivity index (χ4v) is 2.91. The van der Waals surface area contributed by atoms with Crippen LogP contribution in [0.25, 0.3) is 16.6 Å². The van der Waals surface area contributed by atoms with E-state index in [4.69, 9.17) is 10.5 Å². The SMILES string of the molecule is COc1ccc(NC(=O)Nc2ccc(-c3cccn4nnc(N)c34)cc2)cc1. The van der Waals surface area contributed by atoms with Gasteiger partial charge < -0.3 is 21.1 Å². The van der Waals surface area contributed by atoms with Crippen molar-refractivity contribution in [3.05, 3.63) is 66.9 Å². The molecule has 0 unspecified atom stereocenters. The molecule has 8 nitrogen and oxygen atoms in total. The molecule has 0 aliphatic rings. The van der Waals surface area contributed by atoms with Crippen molar-refractivity contribution in [2.24, 2.45) is 0 Å². The summed E-state index contributed by atoms with van der Waals surface area (Å²) in [6.45, 7) is 0. The van der Waals surface area contributed by atoms with Crippen LogP contribution in [-0.2, 0) is 0 Å². The van der Waals surface area contributed by atoms with Crippen molar-refractivity contribution < 1.29 is 9.53 Å². The Morgan fingerprint density at radius 3 is 2.29 bits per heavy atom. The van der Waals surface area contributed by atoms with Crippen LogP contribution in [0.15, 0.2) is 66.9 Å². The number of nitrogen functional groups attached to an aromatic ring is 1. The molecule has 0 aliphatic carbocycles. The van der Waals surface area contributed by atoms with Gasteiger partial charge in [0.25, 0.3) is 0 Å². The molecule has 4 aromatic rings. The van der Waals surface area contributed by atoms with Gasteiger partial charge in [0.05, 0.1) is 7.11 Å². The summed E-state index contributed by atoms with van der Waals surface area (Å²) in [7, 11) is 1.59. The Balaban J connectivity index is 1.48. The molecule has 0 radical (unpaired) electrons. The summed E-state index contributed by atoms with van der Waals surface area (Å²) in [6.07, 6.45) is 1.79. The van der Waals surface area contributed by atoms with Gasteiger partial charge in [0, 0.05) is 23.1 Å². The van der Waals surface area contributed by atoms with Crippen molar-refractivity contribution in [1.82, 2.24) is 14.8 Å². The second-order valence-corrected chi connectivity index (χ2v) is 6.07. The molecular weight excluding hydrogens is 356 g/mol. The van der Waals surface area contributed by atoms with Crippen molar-refractivity contribution in [3.63, 3.8) is 0 Å². The van der Waals surface area contributed by atoms with Crippen LogP contribution in [0.3, 0.4) is 0 Å². The topological polar surface area (TPSA) is 107 Å². The molecule has 0 fully saturated rings. The minimum Gasteiger partial charge on any atom is -0.497 e. The summed E-state index contributed by atoms with van der Waals surface area (Å²) in [5.41, 5.74) is 9.89. The molecule has 2 aromatic carbocycles. The smallest absolute Gasteiger partial charge is 0.323 e. The number of benzene rings is 2. The van der Waals surface area contributed by atoms with Crippen LogP contribution in [0.5, 0.6) is 5.75 Å². The van der Waals surface area contributed by atoms with E-state index in [0.717, 1.165) is 22.4 Å². The van der Waals surface area contributed by atoms with E-state index < -0.39 is 0 Å². The van der Waals surface area contributed by atoms with Gasteiger partial charge in [-0.1, -0.05) is 23.4 Å². The minimum absolute atomic E-state index is 0.329. The van der Waals surface area contributed by atoms with E-state index in [-0.39, 0.29) is 6.03 Å². The van der Waals surface area contributed by atoms with Crippen molar-refractivity contribution in [3.8, 4) is 16.9 Å². The average molecular weight is 374 g/mol. The highest BCUT2D eigenvalue weighted by atomic mass is 16.5. The molecule has 0 bridgehead atoms. The van der Waals surface area contributed by atoms with Crippen LogP contribution in [0.4, 0.5) is 22.0 Å². The first kappa shape index (κ1) is 17.3. The molecule has 2 aromatic heterocycles. The van der Waals surface area contributed by atoms with Gasteiger partial charge in [0.2, 0.25) is 0 Å². The van der Waals surface area contributed by atoms with Gasteiger partial charge in [-0.3, -0.25) is 0 Å². The Labute approximate surface area is 160 Å². The maximum Gasteiger partial charge on any atom is 0.323 e. The highest BCUT2D eigenvalue weighted by Crippen LogP contribution is 2.28. The highest BCUT2D eigenvalue weighted by Gasteiger charge is 2.10. The van der Waals surface area contributed by atoms with Crippen molar-refractivity contribution in [2.75, 3.05) is 23.5 Å². The molecule has 4 N–H and O–H groups in total. The number of fused-ring (bicyclic) bond motifs is 1. The fourth-order valence-electron chi connectivity index (χ4n) is 2.91. The maximum atomic E-state index is 12.2. The number of carbonyl (C=O) groups is 1. The first-order valence-corrected chi connectivity index (χ1v) is 8.56. The molecule has 140 valence electrons. The third-order valence-electron chi connectivity index (χ3n) is 4.27. The highest BCUT2D eigenvalue weighted by molar-refractivity contribution is 6.00. The van der Waals surface area contributed by atoms with Gasteiger partial charge in [-0.15, -0.1) is 5.10 Å². The Morgan fingerprint density at radius 1 is 1.00 bits per heavy atom. The predicted octanol–water partition coefficient (Wildman–Crippen LogP) is 3.63. The number of ether oxygens (including phenoxy) is 1. The number of methoxy groups -OCH3 is 1. The standard InChI is InChI=1S/C20H18N6O2/c1-28-16-10-8-15(9-11-16)23-20(27)22-14-6-4-13(5-7-14)17-3-2-12-26-18(17)19(21)24-25-26/h2-12H,21H2,1H3,(H2,22,23,27). The number of nitrogens with one attached hydrogen (secondary N) is 2. The van der Waals surface area contributed by atoms with Crippen LogP contribution < -0.4 is 21.1 Å². The van der Waals surface area contributed by atoms with Gasteiger partial charge >= 0.3 is 6.03 Å². The molecular formula is C20H18N6O2. The van der Waals surface area contributed by atoms with Crippen LogP contribution in [0, 0.1) is 0 Å². The van der Waals surface area contributed by atoms with Gasteiger partial charge in [-0.05, 0) is 48.0 Å². The van der Waals surface area contributed by atoms with Gasteiger partial charge in [-0.25, -0.2) is 9.31 Å². The Kier molecular flexibility index (Phi) is 4.51. The minimum atomic E-state index is -0.329. The van der Waals surface area contributed by atoms with Gasteiger partial charge in [-0.2, -0.15) is 0 Å². The number of nitrogens with two attached hydrogens (primary N) is 1. The summed E-state index contributed by atoms with van der Waals surface area (Å²) in [5, 5.41) is 13.5. The van der Waals surface area contributed by atoms with Crippen LogP contribution in [0.2, 0.25) is 0 Å². The van der Waals surface area contributed by atoms with E-state index in [0.29, 0.717) is 17.2 Å². The number of carbonyl (C=O) groups excluding carboxylic acids is 1. The maximum absolute atomic E-state index is 12.2. The van der Waals surface area contributed by atoms with Crippen molar-refractivity contribution in [1.29, 1.82) is 0 Å². The number of pyridine rings is 1. The van der Waals surface area contributed by atoms with Crippen LogP contribution in [-0.4, -0.2) is 28.0 Å². The summed E-state index contributed by atoms with van der Waals surface area (Å²) in [6, 6.07) is 18.1. The second kappa shape index (κ2) is 7.28. The number of amides is 2. The molecule has 0 atom stereocenters. The Bertz CT molecular complexity index is 1120. The second-order valence-electron chi connectivity index (χ2n) is 6.07. The van der Waals surface area contributed by atoms with E-state index in [9.17, 15) is 4.79 Å². The van der Waals surface area contributed by atoms with E-state index in [2.05, 4.69) is 20.9 Å². The summed E-state index contributed by atoms with van der Waals surface area (Å²) in [4.78, 5) is 12.2. The normalized spacial score (nSPS) is 10.6. The fraction of sp³-hybridized carbons (Fsp3) is 0.0500. The van der Waals surface area contributed by atoms with E-state index in [1.165, 1.54) is 0 Å². The summed E-state index contributed by atoms with van der Waals surface area (Å²) >= 11 is 0. The molecule has 0 saturated carbocycles. The zero-order chi connectivity index (χ0) is 19.5. The molecule has 0 spiro atoms. The lowest BCUT2D eigenvalue weighted by Gasteiger charge is -2.09. The molecule has 28 heavy (non-hydrogen) atoms.